The molecule has 2 N–H and O–H groups in total. The molecule has 2 aromatic rings. The van der Waals surface area contributed by atoms with Crippen LogP contribution >= 0.6 is 23.2 Å². The summed E-state index contributed by atoms with van der Waals surface area (Å²) >= 11 is 12.1. The number of anilines is 1. The van der Waals surface area contributed by atoms with Gasteiger partial charge in [0, 0.05) is 27.7 Å². The number of hydrogen-bond donors (Lipinski definition) is 2. The number of aliphatic hydroxyl groups excluding tert-OH is 1. The number of halogens is 2. The zero-order chi connectivity index (χ0) is 17.0. The molecule has 0 spiro atoms. The van der Waals surface area contributed by atoms with Gasteiger partial charge in [0.15, 0.2) is 5.78 Å². The van der Waals surface area contributed by atoms with Crippen LogP contribution in [-0.2, 0) is 0 Å². The third-order valence-electron chi connectivity index (χ3n) is 3.37. The van der Waals surface area contributed by atoms with Crippen LogP contribution in [0.5, 0.6) is 0 Å². The van der Waals surface area contributed by atoms with Gasteiger partial charge in [0.1, 0.15) is 6.07 Å². The van der Waals surface area contributed by atoms with Gasteiger partial charge in [-0.3, -0.25) is 4.79 Å². The molecule has 0 saturated heterocycles. The first-order valence-electron chi connectivity index (χ1n) is 6.85. The molecule has 0 bridgehead atoms. The van der Waals surface area contributed by atoms with Crippen molar-refractivity contribution in [3.63, 3.8) is 0 Å². The van der Waals surface area contributed by atoms with Crippen molar-refractivity contribution in [3.8, 4) is 6.07 Å². The van der Waals surface area contributed by atoms with Crippen LogP contribution in [-0.4, -0.2) is 17.4 Å². The molecule has 0 aliphatic rings. The number of Topliss-reactive ketones (excluding diaryl/α,β-unsaturated/α-hetero) is 1. The van der Waals surface area contributed by atoms with Crippen LogP contribution in [0.4, 0.5) is 5.69 Å². The normalized spacial score (nSPS) is 11.6. The Bertz CT molecular complexity index is 764. The minimum absolute atomic E-state index is 0.0967. The summed E-state index contributed by atoms with van der Waals surface area (Å²) in [5.74, 6) is -0.104. The highest BCUT2D eigenvalue weighted by Crippen LogP contribution is 2.30. The number of carbonyl (C=O) groups is 1. The number of ketones is 1. The zero-order valence-corrected chi connectivity index (χ0v) is 13.8. The Morgan fingerprint density at radius 2 is 1.96 bits per heavy atom. The number of nitriles is 1. The number of nitrogens with zero attached hydrogens (tertiary/aromatic N) is 1. The molecule has 0 saturated carbocycles. The van der Waals surface area contributed by atoms with E-state index < -0.39 is 6.10 Å². The topological polar surface area (TPSA) is 73.1 Å². The lowest BCUT2D eigenvalue weighted by atomic mass is 10.1. The van der Waals surface area contributed by atoms with Crippen LogP contribution in [0.25, 0.3) is 0 Å². The Kier molecular flexibility index (Phi) is 5.62. The third kappa shape index (κ3) is 4.02. The van der Waals surface area contributed by atoms with Crippen molar-refractivity contribution in [3.05, 3.63) is 63.1 Å². The summed E-state index contributed by atoms with van der Waals surface area (Å²) in [4.78, 5) is 11.5. The maximum Gasteiger partial charge on any atom is 0.159 e. The molecular formula is C17H14Cl2N2O2. The summed E-state index contributed by atoms with van der Waals surface area (Å²) in [5.41, 5.74) is 1.76. The molecule has 1 unspecified atom stereocenters. The fourth-order valence-electron chi connectivity index (χ4n) is 2.14. The van der Waals surface area contributed by atoms with Gasteiger partial charge in [-0.25, -0.2) is 0 Å². The standard InChI is InChI=1S/C17H14Cl2N2O2/c1-10(22)11-5-6-12(8-20)15(7-11)21-9-16(23)17-13(18)3-2-4-14(17)19/h2-7,16,21,23H,9H2,1H3. The van der Waals surface area contributed by atoms with Gasteiger partial charge < -0.3 is 10.4 Å². The van der Waals surface area contributed by atoms with Gasteiger partial charge in [-0.15, -0.1) is 0 Å². The SMILES string of the molecule is CC(=O)c1ccc(C#N)c(NCC(O)c2c(Cl)cccc2Cl)c1. The first kappa shape index (κ1) is 17.3. The van der Waals surface area contributed by atoms with Crippen LogP contribution in [0.1, 0.15) is 34.5 Å². The number of aliphatic hydroxyl groups is 1. The lowest BCUT2D eigenvalue weighted by Crippen LogP contribution is -2.14. The van der Waals surface area contributed by atoms with E-state index in [4.69, 9.17) is 28.5 Å². The first-order valence-corrected chi connectivity index (χ1v) is 7.60. The minimum Gasteiger partial charge on any atom is -0.386 e. The van der Waals surface area contributed by atoms with E-state index >= 15 is 0 Å². The van der Waals surface area contributed by atoms with E-state index in [0.29, 0.717) is 32.4 Å². The molecule has 4 nitrogen and oxygen atoms in total. The van der Waals surface area contributed by atoms with E-state index in [1.165, 1.54) is 6.92 Å². The largest absolute Gasteiger partial charge is 0.386 e. The molecule has 0 aliphatic carbocycles. The lowest BCUT2D eigenvalue weighted by Gasteiger charge is -2.17. The van der Waals surface area contributed by atoms with Gasteiger partial charge in [-0.2, -0.15) is 5.26 Å². The molecule has 0 heterocycles. The van der Waals surface area contributed by atoms with Gasteiger partial charge in [0.05, 0.1) is 17.4 Å². The molecule has 0 amide bonds. The summed E-state index contributed by atoms with van der Waals surface area (Å²) in [6.07, 6.45) is -0.955. The van der Waals surface area contributed by atoms with Gasteiger partial charge in [-0.05, 0) is 37.3 Å². The molecule has 2 aromatic carbocycles. The second-order valence-electron chi connectivity index (χ2n) is 4.96. The number of carbonyl (C=O) groups excluding carboxylic acids is 1. The first-order chi connectivity index (χ1) is 10.9. The average Bonchev–Trinajstić information content (AvgIpc) is 2.52. The maximum absolute atomic E-state index is 11.5. The molecule has 1 atom stereocenters. The van der Waals surface area contributed by atoms with E-state index in [2.05, 4.69) is 5.32 Å². The second-order valence-corrected chi connectivity index (χ2v) is 5.77. The van der Waals surface area contributed by atoms with E-state index in [0.717, 1.165) is 0 Å². The fourth-order valence-corrected chi connectivity index (χ4v) is 2.79. The quantitative estimate of drug-likeness (QED) is 0.793. The predicted molar refractivity (Wildman–Crippen MR) is 91.1 cm³/mol. The second kappa shape index (κ2) is 7.47. The number of benzene rings is 2. The van der Waals surface area contributed by atoms with Crippen molar-refractivity contribution in [2.24, 2.45) is 0 Å². The highest BCUT2D eigenvalue weighted by Gasteiger charge is 2.16. The molecule has 2 rings (SSSR count). The summed E-state index contributed by atoms with van der Waals surface area (Å²) in [5, 5.41) is 23.1. The van der Waals surface area contributed by atoms with Crippen molar-refractivity contribution >= 4 is 34.7 Å². The third-order valence-corrected chi connectivity index (χ3v) is 4.02. The van der Waals surface area contributed by atoms with Gasteiger partial charge >= 0.3 is 0 Å². The van der Waals surface area contributed by atoms with Crippen molar-refractivity contribution in [2.45, 2.75) is 13.0 Å². The highest BCUT2D eigenvalue weighted by molar-refractivity contribution is 6.36. The Hall–Kier alpha value is -2.06. The summed E-state index contributed by atoms with van der Waals surface area (Å²) < 4.78 is 0. The summed E-state index contributed by atoms with van der Waals surface area (Å²) in [6, 6.07) is 11.8. The van der Waals surface area contributed by atoms with Crippen LogP contribution in [0.15, 0.2) is 36.4 Å². The lowest BCUT2D eigenvalue weighted by molar-refractivity contribution is 0.101. The maximum atomic E-state index is 11.5. The van der Waals surface area contributed by atoms with E-state index in [1.54, 1.807) is 36.4 Å². The van der Waals surface area contributed by atoms with E-state index in [9.17, 15) is 9.90 Å². The Balaban J connectivity index is 2.22. The smallest absolute Gasteiger partial charge is 0.159 e. The van der Waals surface area contributed by atoms with Crippen molar-refractivity contribution in [2.75, 3.05) is 11.9 Å². The molecular weight excluding hydrogens is 335 g/mol. The summed E-state index contributed by atoms with van der Waals surface area (Å²) in [7, 11) is 0. The molecule has 6 heteroatoms. The van der Waals surface area contributed by atoms with E-state index in [1.807, 2.05) is 6.07 Å². The van der Waals surface area contributed by atoms with Crippen molar-refractivity contribution < 1.29 is 9.90 Å². The molecule has 0 aromatic heterocycles. The van der Waals surface area contributed by atoms with Crippen molar-refractivity contribution in [1.29, 1.82) is 5.26 Å². The molecule has 118 valence electrons. The van der Waals surface area contributed by atoms with Crippen LogP contribution in [0.3, 0.4) is 0 Å². The Morgan fingerprint density at radius 3 is 2.52 bits per heavy atom. The molecule has 23 heavy (non-hydrogen) atoms. The highest BCUT2D eigenvalue weighted by atomic mass is 35.5. The van der Waals surface area contributed by atoms with Crippen LogP contribution < -0.4 is 5.32 Å². The Morgan fingerprint density at radius 1 is 1.30 bits per heavy atom. The van der Waals surface area contributed by atoms with Gasteiger partial charge in [0.25, 0.3) is 0 Å². The number of nitrogens with one attached hydrogen (secondary N) is 1. The van der Waals surface area contributed by atoms with Crippen molar-refractivity contribution in [1.82, 2.24) is 0 Å². The molecule has 0 aliphatic heterocycles. The fraction of sp³-hybridized carbons (Fsp3) is 0.176. The van der Waals surface area contributed by atoms with Gasteiger partial charge in [0.2, 0.25) is 0 Å². The molecule has 0 radical (unpaired) electrons. The van der Waals surface area contributed by atoms with Crippen LogP contribution in [0.2, 0.25) is 10.0 Å². The number of hydrogen-bond acceptors (Lipinski definition) is 4. The Labute approximate surface area is 144 Å². The molecule has 0 fully saturated rings. The minimum atomic E-state index is -0.955. The number of rotatable bonds is 5. The van der Waals surface area contributed by atoms with E-state index in [-0.39, 0.29) is 12.3 Å². The predicted octanol–water partition coefficient (Wildman–Crippen LogP) is 4.21. The van der Waals surface area contributed by atoms with Gasteiger partial charge in [-0.1, -0.05) is 29.3 Å². The van der Waals surface area contributed by atoms with Crippen LogP contribution in [0, 0.1) is 11.3 Å². The average molecular weight is 349 g/mol. The monoisotopic (exact) mass is 348 g/mol. The summed E-state index contributed by atoms with van der Waals surface area (Å²) in [6.45, 7) is 1.54. The zero-order valence-electron chi connectivity index (χ0n) is 12.3.